The molecule has 0 spiro atoms. The van der Waals surface area contributed by atoms with Crippen LogP contribution < -0.4 is 4.74 Å². The van der Waals surface area contributed by atoms with Gasteiger partial charge < -0.3 is 4.74 Å². The van der Waals surface area contributed by atoms with Gasteiger partial charge in [0.2, 0.25) is 0 Å². The van der Waals surface area contributed by atoms with Gasteiger partial charge in [-0.2, -0.15) is 0 Å². The molecule has 0 amide bonds. The standard InChI is InChI=1S/C17H15ClO2/c1-11-3-2-4-12(7-11)8-16(19)15-10-14(18)9-13-5-6-20-17(13)15/h2-4,7,9-10H,5-6,8H2,1H3. The van der Waals surface area contributed by atoms with E-state index in [0.717, 1.165) is 23.1 Å². The maximum atomic E-state index is 12.5. The molecular formula is C17H15ClO2. The molecule has 20 heavy (non-hydrogen) atoms. The van der Waals surface area contributed by atoms with Gasteiger partial charge in [0.05, 0.1) is 12.2 Å². The van der Waals surface area contributed by atoms with Gasteiger partial charge in [-0.25, -0.2) is 0 Å². The van der Waals surface area contributed by atoms with Gasteiger partial charge in [-0.05, 0) is 30.2 Å². The smallest absolute Gasteiger partial charge is 0.171 e. The van der Waals surface area contributed by atoms with Crippen LogP contribution in [0.25, 0.3) is 0 Å². The van der Waals surface area contributed by atoms with Gasteiger partial charge in [0.15, 0.2) is 5.78 Å². The van der Waals surface area contributed by atoms with Crippen LogP contribution in [0.2, 0.25) is 5.02 Å². The van der Waals surface area contributed by atoms with Gasteiger partial charge in [-0.3, -0.25) is 4.79 Å². The zero-order valence-corrected chi connectivity index (χ0v) is 12.0. The van der Waals surface area contributed by atoms with Crippen LogP contribution in [0.4, 0.5) is 0 Å². The summed E-state index contributed by atoms with van der Waals surface area (Å²) in [6, 6.07) is 11.6. The second-order valence-corrected chi connectivity index (χ2v) is 5.57. The van der Waals surface area contributed by atoms with E-state index in [1.165, 1.54) is 0 Å². The molecule has 1 aliphatic heterocycles. The quantitative estimate of drug-likeness (QED) is 0.797. The topological polar surface area (TPSA) is 26.3 Å². The summed E-state index contributed by atoms with van der Waals surface area (Å²) in [5.74, 6) is 0.767. The van der Waals surface area contributed by atoms with E-state index < -0.39 is 0 Å². The number of ether oxygens (including phenoxy) is 1. The van der Waals surface area contributed by atoms with Crippen LogP contribution in [0, 0.1) is 6.92 Å². The highest BCUT2D eigenvalue weighted by atomic mass is 35.5. The highest BCUT2D eigenvalue weighted by Crippen LogP contribution is 2.33. The molecule has 0 atom stereocenters. The predicted molar refractivity (Wildman–Crippen MR) is 79.9 cm³/mol. The summed E-state index contributed by atoms with van der Waals surface area (Å²) in [5, 5.41) is 0.599. The number of benzene rings is 2. The number of hydrogen-bond acceptors (Lipinski definition) is 2. The van der Waals surface area contributed by atoms with Crippen molar-refractivity contribution >= 4 is 17.4 Å². The second kappa shape index (κ2) is 5.29. The van der Waals surface area contributed by atoms with E-state index in [1.54, 1.807) is 6.07 Å². The number of carbonyl (C=O) groups excluding carboxylic acids is 1. The Bertz CT molecular complexity index is 677. The van der Waals surface area contributed by atoms with Gasteiger partial charge in [0, 0.05) is 17.9 Å². The molecule has 3 heteroatoms. The van der Waals surface area contributed by atoms with Crippen molar-refractivity contribution in [3.63, 3.8) is 0 Å². The SMILES string of the molecule is Cc1cccc(CC(=O)c2cc(Cl)cc3c2OCC3)c1. The molecule has 0 aliphatic carbocycles. The number of fused-ring (bicyclic) bond motifs is 1. The lowest BCUT2D eigenvalue weighted by atomic mass is 9.99. The average molecular weight is 287 g/mol. The molecule has 0 unspecified atom stereocenters. The normalized spacial score (nSPS) is 12.9. The first-order valence-corrected chi connectivity index (χ1v) is 7.05. The van der Waals surface area contributed by atoms with E-state index >= 15 is 0 Å². The molecule has 2 aromatic carbocycles. The number of ketones is 1. The third-order valence-corrected chi connectivity index (χ3v) is 3.71. The Morgan fingerprint density at radius 3 is 2.95 bits per heavy atom. The van der Waals surface area contributed by atoms with Crippen LogP contribution in [-0.2, 0) is 12.8 Å². The molecule has 2 aromatic rings. The average Bonchev–Trinajstić information content (AvgIpc) is 2.85. The maximum Gasteiger partial charge on any atom is 0.171 e. The minimum Gasteiger partial charge on any atom is -0.492 e. The summed E-state index contributed by atoms with van der Waals surface area (Å²) in [7, 11) is 0. The Hall–Kier alpha value is -1.80. The third kappa shape index (κ3) is 2.56. The molecule has 0 saturated carbocycles. The summed E-state index contributed by atoms with van der Waals surface area (Å²) in [6.45, 7) is 2.65. The van der Waals surface area contributed by atoms with Crippen molar-refractivity contribution in [3.8, 4) is 5.75 Å². The summed E-state index contributed by atoms with van der Waals surface area (Å²) in [5.41, 5.74) is 3.81. The van der Waals surface area contributed by atoms with Crippen LogP contribution >= 0.6 is 11.6 Å². The van der Waals surface area contributed by atoms with Crippen LogP contribution in [-0.4, -0.2) is 12.4 Å². The van der Waals surface area contributed by atoms with Gasteiger partial charge in [-0.1, -0.05) is 41.4 Å². The van der Waals surface area contributed by atoms with Gasteiger partial charge in [0.25, 0.3) is 0 Å². The van der Waals surface area contributed by atoms with Gasteiger partial charge in [0.1, 0.15) is 5.75 Å². The van der Waals surface area contributed by atoms with Gasteiger partial charge in [-0.15, -0.1) is 0 Å². The number of rotatable bonds is 3. The summed E-state index contributed by atoms with van der Waals surface area (Å²) in [4.78, 5) is 12.5. The minimum absolute atomic E-state index is 0.0521. The highest BCUT2D eigenvalue weighted by molar-refractivity contribution is 6.31. The molecule has 2 nitrogen and oxygen atoms in total. The zero-order valence-electron chi connectivity index (χ0n) is 11.3. The lowest BCUT2D eigenvalue weighted by Crippen LogP contribution is -2.06. The Balaban J connectivity index is 1.92. The number of Topliss-reactive ketones (excluding diaryl/α,β-unsaturated/α-hetero) is 1. The largest absolute Gasteiger partial charge is 0.492 e. The van der Waals surface area contributed by atoms with Crippen molar-refractivity contribution in [2.75, 3.05) is 6.61 Å². The molecular weight excluding hydrogens is 272 g/mol. The number of hydrogen-bond donors (Lipinski definition) is 0. The molecule has 1 aliphatic rings. The van der Waals surface area contributed by atoms with Crippen molar-refractivity contribution in [2.24, 2.45) is 0 Å². The van der Waals surface area contributed by atoms with Crippen LogP contribution in [0.3, 0.4) is 0 Å². The second-order valence-electron chi connectivity index (χ2n) is 5.13. The zero-order chi connectivity index (χ0) is 14.1. The van der Waals surface area contributed by atoms with Crippen molar-refractivity contribution in [3.05, 3.63) is 63.7 Å². The fourth-order valence-corrected chi connectivity index (χ4v) is 2.82. The van der Waals surface area contributed by atoms with E-state index in [0.29, 0.717) is 29.4 Å². The van der Waals surface area contributed by atoms with Crippen LogP contribution in [0.1, 0.15) is 27.0 Å². The molecule has 102 valence electrons. The van der Waals surface area contributed by atoms with Crippen molar-refractivity contribution in [2.45, 2.75) is 19.8 Å². The fraction of sp³-hybridized carbons (Fsp3) is 0.235. The summed E-state index contributed by atoms with van der Waals surface area (Å²) < 4.78 is 5.59. The molecule has 1 heterocycles. The highest BCUT2D eigenvalue weighted by Gasteiger charge is 2.22. The molecule has 0 N–H and O–H groups in total. The first-order valence-electron chi connectivity index (χ1n) is 6.67. The first-order chi connectivity index (χ1) is 9.63. The number of halogens is 1. The molecule has 0 fully saturated rings. The first kappa shape index (κ1) is 13.2. The van der Waals surface area contributed by atoms with Crippen molar-refractivity contribution < 1.29 is 9.53 Å². The van der Waals surface area contributed by atoms with Crippen molar-refractivity contribution in [1.82, 2.24) is 0 Å². The molecule has 0 saturated heterocycles. The Kier molecular flexibility index (Phi) is 3.49. The molecule has 3 rings (SSSR count). The van der Waals surface area contributed by atoms with E-state index in [-0.39, 0.29) is 5.78 Å². The lowest BCUT2D eigenvalue weighted by Gasteiger charge is -2.08. The maximum absolute atomic E-state index is 12.5. The fourth-order valence-electron chi connectivity index (χ4n) is 2.58. The third-order valence-electron chi connectivity index (χ3n) is 3.50. The van der Waals surface area contributed by atoms with E-state index in [2.05, 4.69) is 0 Å². The minimum atomic E-state index is 0.0521. The Morgan fingerprint density at radius 1 is 1.30 bits per heavy atom. The van der Waals surface area contributed by atoms with Crippen molar-refractivity contribution in [1.29, 1.82) is 0 Å². The Morgan fingerprint density at radius 2 is 2.15 bits per heavy atom. The van der Waals surface area contributed by atoms with E-state index in [4.69, 9.17) is 16.3 Å². The predicted octanol–water partition coefficient (Wildman–Crippen LogP) is 4.01. The summed E-state index contributed by atoms with van der Waals surface area (Å²) in [6.07, 6.45) is 1.19. The lowest BCUT2D eigenvalue weighted by molar-refractivity contribution is 0.0990. The van der Waals surface area contributed by atoms with E-state index in [1.807, 2.05) is 37.3 Å². The van der Waals surface area contributed by atoms with E-state index in [9.17, 15) is 4.79 Å². The van der Waals surface area contributed by atoms with Crippen LogP contribution in [0.5, 0.6) is 5.75 Å². The Labute approximate surface area is 123 Å². The molecule has 0 bridgehead atoms. The monoisotopic (exact) mass is 286 g/mol. The van der Waals surface area contributed by atoms with Gasteiger partial charge >= 0.3 is 0 Å². The molecule has 0 radical (unpaired) electrons. The summed E-state index contributed by atoms with van der Waals surface area (Å²) >= 11 is 6.09. The molecule has 0 aromatic heterocycles. The number of carbonyl (C=O) groups is 1. The number of aryl methyl sites for hydroxylation is 1. The van der Waals surface area contributed by atoms with Crippen LogP contribution in [0.15, 0.2) is 36.4 Å².